The summed E-state index contributed by atoms with van der Waals surface area (Å²) in [6, 6.07) is 0. The number of nitrogens with zero attached hydrogens (tertiary/aromatic N) is 2. The van der Waals surface area contributed by atoms with Gasteiger partial charge >= 0.3 is 0 Å². The molecule has 1 fully saturated rings. The molecule has 0 unspecified atom stereocenters. The first-order valence-electron chi connectivity index (χ1n) is 7.47. The van der Waals surface area contributed by atoms with Gasteiger partial charge in [0.2, 0.25) is 5.91 Å². The standard InChI is InChI=1S/C15H25N3O/c1-18-12-16-10-14(18)11-17-15(19)9-5-8-13-6-3-2-4-7-13/h10,12-13H,2-9,11H2,1H3,(H,17,19). The Morgan fingerprint density at radius 3 is 2.89 bits per heavy atom. The van der Waals surface area contributed by atoms with Crippen molar-refractivity contribution in [2.75, 3.05) is 0 Å². The van der Waals surface area contributed by atoms with Crippen molar-refractivity contribution in [1.82, 2.24) is 14.9 Å². The lowest BCUT2D eigenvalue weighted by Crippen LogP contribution is -2.23. The minimum Gasteiger partial charge on any atom is -0.350 e. The predicted molar refractivity (Wildman–Crippen MR) is 75.5 cm³/mol. The third-order valence-electron chi connectivity index (χ3n) is 4.12. The third-order valence-corrected chi connectivity index (χ3v) is 4.12. The molecule has 0 spiro atoms. The second-order valence-electron chi connectivity index (χ2n) is 5.67. The second-order valence-corrected chi connectivity index (χ2v) is 5.67. The summed E-state index contributed by atoms with van der Waals surface area (Å²) in [5.41, 5.74) is 1.04. The third kappa shape index (κ3) is 4.69. The van der Waals surface area contributed by atoms with Gasteiger partial charge in [-0.25, -0.2) is 4.98 Å². The quantitative estimate of drug-likeness (QED) is 0.858. The maximum atomic E-state index is 11.8. The number of hydrogen-bond acceptors (Lipinski definition) is 2. The SMILES string of the molecule is Cn1cncc1CNC(=O)CCCC1CCCCC1. The summed E-state index contributed by atoms with van der Waals surface area (Å²) in [5, 5.41) is 2.96. The average molecular weight is 263 g/mol. The molecule has 1 aliphatic rings. The number of carbonyl (C=O) groups excluding carboxylic acids is 1. The van der Waals surface area contributed by atoms with E-state index in [-0.39, 0.29) is 5.91 Å². The summed E-state index contributed by atoms with van der Waals surface area (Å²) >= 11 is 0. The van der Waals surface area contributed by atoms with E-state index in [1.54, 1.807) is 12.5 Å². The van der Waals surface area contributed by atoms with E-state index in [0.29, 0.717) is 13.0 Å². The molecule has 0 aromatic carbocycles. The molecular formula is C15H25N3O. The van der Waals surface area contributed by atoms with Crippen molar-refractivity contribution in [1.29, 1.82) is 0 Å². The zero-order chi connectivity index (χ0) is 13.5. The number of rotatable bonds is 6. The summed E-state index contributed by atoms with van der Waals surface area (Å²) < 4.78 is 1.93. The van der Waals surface area contributed by atoms with Crippen LogP contribution >= 0.6 is 0 Å². The largest absolute Gasteiger partial charge is 0.350 e. The predicted octanol–water partition coefficient (Wildman–Crippen LogP) is 2.79. The monoisotopic (exact) mass is 263 g/mol. The smallest absolute Gasteiger partial charge is 0.220 e. The Labute approximate surface area is 115 Å². The molecule has 0 radical (unpaired) electrons. The van der Waals surface area contributed by atoms with Gasteiger partial charge < -0.3 is 9.88 Å². The topological polar surface area (TPSA) is 46.9 Å². The van der Waals surface area contributed by atoms with E-state index in [9.17, 15) is 4.79 Å². The van der Waals surface area contributed by atoms with Crippen molar-refractivity contribution in [3.8, 4) is 0 Å². The van der Waals surface area contributed by atoms with E-state index in [1.807, 2.05) is 11.6 Å². The first-order valence-corrected chi connectivity index (χ1v) is 7.47. The Balaban J connectivity index is 1.58. The van der Waals surface area contributed by atoms with Gasteiger partial charge in [-0.05, 0) is 18.8 Å². The first kappa shape index (κ1) is 14.1. The number of carbonyl (C=O) groups is 1. The Morgan fingerprint density at radius 1 is 1.42 bits per heavy atom. The number of amides is 1. The number of imidazole rings is 1. The lowest BCUT2D eigenvalue weighted by atomic mass is 9.86. The van der Waals surface area contributed by atoms with Crippen LogP contribution in [0.4, 0.5) is 0 Å². The van der Waals surface area contributed by atoms with Crippen LogP contribution in [0.3, 0.4) is 0 Å². The normalized spacial score (nSPS) is 16.5. The van der Waals surface area contributed by atoms with Crippen molar-refractivity contribution in [2.24, 2.45) is 13.0 Å². The maximum absolute atomic E-state index is 11.8. The Kier molecular flexibility index (Phi) is 5.43. The first-order chi connectivity index (χ1) is 9.25. The number of hydrogen-bond donors (Lipinski definition) is 1. The molecule has 1 amide bonds. The maximum Gasteiger partial charge on any atom is 0.220 e. The summed E-state index contributed by atoms with van der Waals surface area (Å²) in [6.45, 7) is 0.582. The summed E-state index contributed by atoms with van der Waals surface area (Å²) in [4.78, 5) is 15.8. The molecule has 19 heavy (non-hydrogen) atoms. The molecule has 106 valence electrons. The molecule has 0 bridgehead atoms. The van der Waals surface area contributed by atoms with Crippen LogP contribution in [0.1, 0.15) is 57.1 Å². The summed E-state index contributed by atoms with van der Waals surface area (Å²) in [7, 11) is 1.94. The van der Waals surface area contributed by atoms with Gasteiger partial charge in [0.05, 0.1) is 18.6 Å². The van der Waals surface area contributed by atoms with E-state index in [1.165, 1.54) is 38.5 Å². The fourth-order valence-electron chi connectivity index (χ4n) is 2.86. The Morgan fingerprint density at radius 2 is 2.21 bits per heavy atom. The van der Waals surface area contributed by atoms with Crippen molar-refractivity contribution in [3.05, 3.63) is 18.2 Å². The molecule has 0 saturated heterocycles. The lowest BCUT2D eigenvalue weighted by Gasteiger charge is -2.21. The molecule has 0 aliphatic heterocycles. The molecule has 1 aromatic rings. The number of aromatic nitrogens is 2. The molecular weight excluding hydrogens is 238 g/mol. The molecule has 2 rings (SSSR count). The van der Waals surface area contributed by atoms with Gasteiger partial charge in [0.15, 0.2) is 0 Å². The molecule has 1 saturated carbocycles. The highest BCUT2D eigenvalue weighted by Gasteiger charge is 2.13. The van der Waals surface area contributed by atoms with Crippen molar-refractivity contribution < 1.29 is 4.79 Å². The number of nitrogens with one attached hydrogen (secondary N) is 1. The minimum atomic E-state index is 0.164. The zero-order valence-corrected chi connectivity index (χ0v) is 11.9. The van der Waals surface area contributed by atoms with Gasteiger partial charge in [0.25, 0.3) is 0 Å². The van der Waals surface area contributed by atoms with Gasteiger partial charge in [-0.2, -0.15) is 0 Å². The lowest BCUT2D eigenvalue weighted by molar-refractivity contribution is -0.121. The van der Waals surface area contributed by atoms with Gasteiger partial charge in [-0.1, -0.05) is 32.1 Å². The highest BCUT2D eigenvalue weighted by Crippen LogP contribution is 2.27. The van der Waals surface area contributed by atoms with Crippen LogP contribution < -0.4 is 5.32 Å². The van der Waals surface area contributed by atoms with E-state index < -0.39 is 0 Å². The van der Waals surface area contributed by atoms with Crippen LogP contribution in [0.15, 0.2) is 12.5 Å². The molecule has 1 aliphatic carbocycles. The van der Waals surface area contributed by atoms with Crippen molar-refractivity contribution >= 4 is 5.91 Å². The number of aryl methyl sites for hydroxylation is 1. The fraction of sp³-hybridized carbons (Fsp3) is 0.733. The summed E-state index contributed by atoms with van der Waals surface area (Å²) in [6.07, 6.45) is 13.4. The molecule has 1 aromatic heterocycles. The average Bonchev–Trinajstić information content (AvgIpc) is 2.83. The molecule has 4 heteroatoms. The van der Waals surface area contributed by atoms with Gasteiger partial charge in [-0.3, -0.25) is 4.79 Å². The molecule has 1 N–H and O–H groups in total. The Hall–Kier alpha value is -1.32. The fourth-order valence-corrected chi connectivity index (χ4v) is 2.86. The van der Waals surface area contributed by atoms with E-state index in [0.717, 1.165) is 18.0 Å². The van der Waals surface area contributed by atoms with Crippen LogP contribution in [0.25, 0.3) is 0 Å². The molecule has 4 nitrogen and oxygen atoms in total. The van der Waals surface area contributed by atoms with Crippen LogP contribution in [0.2, 0.25) is 0 Å². The van der Waals surface area contributed by atoms with Gasteiger partial charge in [0, 0.05) is 19.7 Å². The highest BCUT2D eigenvalue weighted by atomic mass is 16.1. The van der Waals surface area contributed by atoms with Crippen LogP contribution in [0, 0.1) is 5.92 Å². The summed E-state index contributed by atoms with van der Waals surface area (Å²) in [5.74, 6) is 1.04. The van der Waals surface area contributed by atoms with Crippen LogP contribution in [0.5, 0.6) is 0 Å². The van der Waals surface area contributed by atoms with E-state index >= 15 is 0 Å². The molecule has 0 atom stereocenters. The highest BCUT2D eigenvalue weighted by molar-refractivity contribution is 5.75. The minimum absolute atomic E-state index is 0.164. The Bertz CT molecular complexity index is 394. The second kappa shape index (κ2) is 7.31. The van der Waals surface area contributed by atoms with E-state index in [4.69, 9.17) is 0 Å². The van der Waals surface area contributed by atoms with Gasteiger partial charge in [-0.15, -0.1) is 0 Å². The van der Waals surface area contributed by atoms with E-state index in [2.05, 4.69) is 10.3 Å². The van der Waals surface area contributed by atoms with Crippen LogP contribution in [-0.4, -0.2) is 15.5 Å². The van der Waals surface area contributed by atoms with Gasteiger partial charge in [0.1, 0.15) is 0 Å². The van der Waals surface area contributed by atoms with Crippen LogP contribution in [-0.2, 0) is 18.4 Å². The van der Waals surface area contributed by atoms with Crippen molar-refractivity contribution in [2.45, 2.75) is 57.9 Å². The molecule has 1 heterocycles. The van der Waals surface area contributed by atoms with Crippen molar-refractivity contribution in [3.63, 3.8) is 0 Å². The zero-order valence-electron chi connectivity index (χ0n) is 11.9.